The molecular weight excluding hydrogens is 348 g/mol. The fourth-order valence-electron chi connectivity index (χ4n) is 5.08. The second kappa shape index (κ2) is 6.83. The van der Waals surface area contributed by atoms with Crippen molar-refractivity contribution >= 4 is 5.82 Å². The molecule has 2 fully saturated rings. The van der Waals surface area contributed by atoms with E-state index in [-0.39, 0.29) is 5.41 Å². The SMILES string of the molecule is CC(C)Nc1nc(C2CC2)nc2c1CCC21CCCN(Cc2nccn2C)C1. The predicted molar refractivity (Wildman–Crippen MR) is 110 cm³/mol. The summed E-state index contributed by atoms with van der Waals surface area (Å²) in [6.45, 7) is 7.57. The first-order valence-electron chi connectivity index (χ1n) is 10.9. The number of hydrogen-bond acceptors (Lipinski definition) is 5. The fraction of sp³-hybridized carbons (Fsp3) is 0.682. The molecule has 1 saturated carbocycles. The lowest BCUT2D eigenvalue weighted by Gasteiger charge is -2.40. The highest BCUT2D eigenvalue weighted by Crippen LogP contribution is 2.48. The van der Waals surface area contributed by atoms with Gasteiger partial charge in [0, 0.05) is 48.9 Å². The molecule has 1 atom stereocenters. The molecule has 28 heavy (non-hydrogen) atoms. The average molecular weight is 381 g/mol. The van der Waals surface area contributed by atoms with Crippen LogP contribution >= 0.6 is 0 Å². The third-order valence-corrected chi connectivity index (χ3v) is 6.69. The van der Waals surface area contributed by atoms with Crippen LogP contribution in [-0.4, -0.2) is 43.6 Å². The highest BCUT2D eigenvalue weighted by molar-refractivity contribution is 5.53. The van der Waals surface area contributed by atoms with Crippen LogP contribution in [0.25, 0.3) is 0 Å². The molecule has 2 aliphatic carbocycles. The van der Waals surface area contributed by atoms with Crippen LogP contribution in [0.15, 0.2) is 12.4 Å². The van der Waals surface area contributed by atoms with Crippen molar-refractivity contribution in [2.24, 2.45) is 7.05 Å². The van der Waals surface area contributed by atoms with E-state index < -0.39 is 0 Å². The van der Waals surface area contributed by atoms with Crippen LogP contribution in [0.2, 0.25) is 0 Å². The van der Waals surface area contributed by atoms with Gasteiger partial charge in [-0.25, -0.2) is 15.0 Å². The molecular formula is C22H32N6. The molecule has 3 heterocycles. The van der Waals surface area contributed by atoms with Gasteiger partial charge in [0.05, 0.1) is 12.2 Å². The first-order valence-corrected chi connectivity index (χ1v) is 10.9. The van der Waals surface area contributed by atoms with E-state index in [1.807, 2.05) is 12.4 Å². The number of imidazole rings is 1. The Bertz CT molecular complexity index is 868. The molecule has 0 aromatic carbocycles. The Morgan fingerprint density at radius 2 is 2.11 bits per heavy atom. The largest absolute Gasteiger partial charge is 0.368 e. The number of rotatable bonds is 5. The highest BCUT2D eigenvalue weighted by atomic mass is 15.2. The zero-order valence-corrected chi connectivity index (χ0v) is 17.4. The summed E-state index contributed by atoms with van der Waals surface area (Å²) in [5, 5.41) is 3.63. The van der Waals surface area contributed by atoms with Crippen LogP contribution in [0.3, 0.4) is 0 Å². The topological polar surface area (TPSA) is 58.9 Å². The van der Waals surface area contributed by atoms with Crippen molar-refractivity contribution in [3.8, 4) is 0 Å². The molecule has 1 unspecified atom stereocenters. The molecule has 150 valence electrons. The summed E-state index contributed by atoms with van der Waals surface area (Å²) >= 11 is 0. The van der Waals surface area contributed by atoms with Gasteiger partial charge in [0.15, 0.2) is 0 Å². The van der Waals surface area contributed by atoms with E-state index in [0.717, 1.165) is 43.5 Å². The van der Waals surface area contributed by atoms with Gasteiger partial charge in [-0.2, -0.15) is 0 Å². The Balaban J connectivity index is 1.47. The zero-order chi connectivity index (χ0) is 19.3. The lowest BCUT2D eigenvalue weighted by atomic mass is 9.77. The third kappa shape index (κ3) is 3.21. The second-order valence-corrected chi connectivity index (χ2v) is 9.38. The van der Waals surface area contributed by atoms with Crippen LogP contribution in [0.5, 0.6) is 0 Å². The van der Waals surface area contributed by atoms with Crippen molar-refractivity contribution in [3.63, 3.8) is 0 Å². The number of nitrogens with one attached hydrogen (secondary N) is 1. The van der Waals surface area contributed by atoms with E-state index in [1.165, 1.54) is 43.4 Å². The minimum Gasteiger partial charge on any atom is -0.368 e. The van der Waals surface area contributed by atoms with Gasteiger partial charge >= 0.3 is 0 Å². The number of hydrogen-bond donors (Lipinski definition) is 1. The quantitative estimate of drug-likeness (QED) is 0.862. The van der Waals surface area contributed by atoms with Crippen LogP contribution in [-0.2, 0) is 25.4 Å². The first kappa shape index (κ1) is 18.1. The lowest BCUT2D eigenvalue weighted by Crippen LogP contribution is -2.45. The molecule has 1 N–H and O–H groups in total. The fourth-order valence-corrected chi connectivity index (χ4v) is 5.08. The molecule has 6 nitrogen and oxygen atoms in total. The molecule has 1 saturated heterocycles. The molecule has 0 radical (unpaired) electrons. The van der Waals surface area contributed by atoms with Crippen molar-refractivity contribution in [1.82, 2.24) is 24.4 Å². The molecule has 2 aromatic rings. The van der Waals surface area contributed by atoms with Crippen molar-refractivity contribution in [2.45, 2.75) is 76.3 Å². The van der Waals surface area contributed by atoms with E-state index in [4.69, 9.17) is 9.97 Å². The maximum atomic E-state index is 5.21. The van der Waals surface area contributed by atoms with Gasteiger partial charge in [-0.15, -0.1) is 0 Å². The average Bonchev–Trinajstić information content (AvgIpc) is 3.36. The third-order valence-electron chi connectivity index (χ3n) is 6.69. The Hall–Kier alpha value is -1.95. The van der Waals surface area contributed by atoms with E-state index in [9.17, 15) is 0 Å². The predicted octanol–water partition coefficient (Wildman–Crippen LogP) is 3.39. The van der Waals surface area contributed by atoms with Gasteiger partial charge < -0.3 is 9.88 Å². The zero-order valence-electron chi connectivity index (χ0n) is 17.4. The number of piperidine rings is 1. The summed E-state index contributed by atoms with van der Waals surface area (Å²) < 4.78 is 2.14. The number of aryl methyl sites for hydroxylation is 1. The minimum absolute atomic E-state index is 0.193. The van der Waals surface area contributed by atoms with E-state index in [0.29, 0.717) is 12.0 Å². The van der Waals surface area contributed by atoms with Crippen molar-refractivity contribution in [2.75, 3.05) is 18.4 Å². The van der Waals surface area contributed by atoms with E-state index in [2.05, 4.69) is 40.7 Å². The maximum Gasteiger partial charge on any atom is 0.134 e. The Morgan fingerprint density at radius 1 is 1.25 bits per heavy atom. The smallest absolute Gasteiger partial charge is 0.134 e. The van der Waals surface area contributed by atoms with Gasteiger partial charge in [-0.1, -0.05) is 0 Å². The summed E-state index contributed by atoms with van der Waals surface area (Å²) in [5.41, 5.74) is 2.94. The van der Waals surface area contributed by atoms with Gasteiger partial charge in [-0.3, -0.25) is 4.90 Å². The van der Waals surface area contributed by atoms with E-state index in [1.54, 1.807) is 0 Å². The number of fused-ring (bicyclic) bond motifs is 2. The molecule has 6 heteroatoms. The van der Waals surface area contributed by atoms with Crippen LogP contribution in [0.4, 0.5) is 5.82 Å². The van der Waals surface area contributed by atoms with Crippen LogP contribution in [0.1, 0.15) is 74.8 Å². The van der Waals surface area contributed by atoms with Crippen LogP contribution < -0.4 is 5.32 Å². The van der Waals surface area contributed by atoms with E-state index >= 15 is 0 Å². The summed E-state index contributed by atoms with van der Waals surface area (Å²) in [6.07, 6.45) is 11.2. The number of nitrogens with zero attached hydrogens (tertiary/aromatic N) is 5. The Labute approximate surface area is 167 Å². The van der Waals surface area contributed by atoms with Crippen molar-refractivity contribution in [3.05, 3.63) is 35.3 Å². The molecule has 3 aliphatic rings. The number of likely N-dealkylation sites (tertiary alicyclic amines) is 1. The summed E-state index contributed by atoms with van der Waals surface area (Å²) in [7, 11) is 2.09. The first-order chi connectivity index (χ1) is 13.5. The molecule has 0 amide bonds. The molecule has 2 aromatic heterocycles. The Morgan fingerprint density at radius 3 is 2.82 bits per heavy atom. The monoisotopic (exact) mass is 380 g/mol. The van der Waals surface area contributed by atoms with Gasteiger partial charge in [0.25, 0.3) is 0 Å². The summed E-state index contributed by atoms with van der Waals surface area (Å²) in [4.78, 5) is 17.3. The van der Waals surface area contributed by atoms with Crippen molar-refractivity contribution < 1.29 is 0 Å². The molecule has 1 spiro atoms. The van der Waals surface area contributed by atoms with Crippen molar-refractivity contribution in [1.29, 1.82) is 0 Å². The standard InChI is InChI=1S/C22H32N6/c1-15(2)24-21-17-7-9-22(19(17)25-20(26-21)16-5-6-16)8-4-11-28(14-22)13-18-23-10-12-27(18)3/h10,12,15-16H,4-9,11,13-14H2,1-3H3,(H,24,25,26). The molecule has 0 bridgehead atoms. The summed E-state index contributed by atoms with van der Waals surface area (Å²) in [6, 6.07) is 0.397. The minimum atomic E-state index is 0.193. The van der Waals surface area contributed by atoms with Crippen LogP contribution in [0, 0.1) is 0 Å². The second-order valence-electron chi connectivity index (χ2n) is 9.38. The number of aromatic nitrogens is 4. The van der Waals surface area contributed by atoms with Gasteiger partial charge in [0.2, 0.25) is 0 Å². The lowest BCUT2D eigenvalue weighted by molar-refractivity contribution is 0.133. The van der Waals surface area contributed by atoms with Gasteiger partial charge in [0.1, 0.15) is 17.5 Å². The maximum absolute atomic E-state index is 5.21. The Kier molecular flexibility index (Phi) is 4.42. The molecule has 5 rings (SSSR count). The number of anilines is 1. The summed E-state index contributed by atoms with van der Waals surface area (Å²) in [5.74, 6) is 3.94. The normalized spacial score (nSPS) is 24.9. The highest BCUT2D eigenvalue weighted by Gasteiger charge is 2.45. The van der Waals surface area contributed by atoms with Gasteiger partial charge in [-0.05, 0) is 58.9 Å². The molecule has 1 aliphatic heterocycles.